The lowest BCUT2D eigenvalue weighted by atomic mass is 9.86. The van der Waals surface area contributed by atoms with Gasteiger partial charge in [0.05, 0.1) is 31.4 Å². The van der Waals surface area contributed by atoms with Gasteiger partial charge in [0.15, 0.2) is 28.6 Å². The third-order valence-corrected chi connectivity index (χ3v) is 6.92. The number of carboxylic acid groups (broad SMARTS) is 1. The first-order valence-corrected chi connectivity index (χ1v) is 12.7. The molecule has 13 heteroatoms. The van der Waals surface area contributed by atoms with Crippen LogP contribution in [0.25, 0.3) is 22.6 Å². The summed E-state index contributed by atoms with van der Waals surface area (Å²) in [5.74, 6) is 1.84. The Labute approximate surface area is 219 Å². The number of imidazole rings is 1. The summed E-state index contributed by atoms with van der Waals surface area (Å²) in [5.41, 5.74) is 1.47. The van der Waals surface area contributed by atoms with Crippen LogP contribution in [0.15, 0.2) is 12.4 Å². The summed E-state index contributed by atoms with van der Waals surface area (Å²) in [7, 11) is 0. The highest BCUT2D eigenvalue weighted by Gasteiger charge is 2.31. The summed E-state index contributed by atoms with van der Waals surface area (Å²) in [5, 5.41) is 12.2. The van der Waals surface area contributed by atoms with Gasteiger partial charge in [0.25, 0.3) is 0 Å². The fourth-order valence-corrected chi connectivity index (χ4v) is 4.86. The van der Waals surface area contributed by atoms with Crippen LogP contribution < -0.4 is 10.2 Å². The fraction of sp³-hybridized carbons (Fsp3) is 0.583. The number of carbonyl (C=O) groups is 1. The maximum Gasteiger partial charge on any atom is 0.405 e. The molecule has 198 valence electrons. The molecular weight excluding hydrogens is 500 g/mol. The van der Waals surface area contributed by atoms with Crippen molar-refractivity contribution in [1.82, 2.24) is 34.8 Å². The van der Waals surface area contributed by atoms with Crippen LogP contribution in [-0.4, -0.2) is 80.2 Å². The number of ether oxygens (including phenoxy) is 2. The highest BCUT2D eigenvalue weighted by atomic mass is 35.5. The number of nitrogens with one attached hydrogen (secondary N) is 1. The number of halogens is 1. The Hall–Kier alpha value is -3.09. The van der Waals surface area contributed by atoms with Gasteiger partial charge in [0.1, 0.15) is 0 Å². The second-order valence-electron chi connectivity index (χ2n) is 10.4. The number of amides is 1. The quantitative estimate of drug-likeness (QED) is 0.456. The van der Waals surface area contributed by atoms with Crippen molar-refractivity contribution in [3.05, 3.63) is 23.5 Å². The van der Waals surface area contributed by atoms with Crippen molar-refractivity contribution in [2.24, 2.45) is 11.3 Å². The molecule has 37 heavy (non-hydrogen) atoms. The molecule has 2 unspecified atom stereocenters. The van der Waals surface area contributed by atoms with Crippen molar-refractivity contribution in [2.75, 3.05) is 44.4 Å². The van der Waals surface area contributed by atoms with Gasteiger partial charge >= 0.3 is 6.09 Å². The highest BCUT2D eigenvalue weighted by molar-refractivity contribution is 6.29. The van der Waals surface area contributed by atoms with Crippen molar-refractivity contribution >= 4 is 34.7 Å². The Morgan fingerprint density at radius 3 is 2.51 bits per heavy atom. The van der Waals surface area contributed by atoms with Crippen LogP contribution in [-0.2, 0) is 16.0 Å². The first kappa shape index (κ1) is 25.6. The number of hydrogen-bond donors (Lipinski definition) is 2. The van der Waals surface area contributed by atoms with E-state index in [1.54, 1.807) is 12.4 Å². The molecule has 3 aromatic heterocycles. The molecule has 0 saturated carbocycles. The molecule has 5 rings (SSSR count). The second kappa shape index (κ2) is 10.3. The number of anilines is 1. The topological polar surface area (TPSA) is 140 Å². The minimum atomic E-state index is -1.13. The lowest BCUT2D eigenvalue weighted by molar-refractivity contribution is 0.122. The van der Waals surface area contributed by atoms with Gasteiger partial charge in [-0.05, 0) is 23.4 Å². The maximum atomic E-state index is 11.4. The molecule has 1 amide bonds. The molecule has 0 aliphatic carbocycles. The smallest absolute Gasteiger partial charge is 0.405 e. The molecule has 0 bridgehead atoms. The summed E-state index contributed by atoms with van der Waals surface area (Å²) in [4.78, 5) is 36.8. The molecular formula is C24H31ClN8O4. The van der Waals surface area contributed by atoms with E-state index in [0.29, 0.717) is 84.9 Å². The van der Waals surface area contributed by atoms with Gasteiger partial charge in [-0.1, -0.05) is 20.8 Å². The van der Waals surface area contributed by atoms with Crippen molar-refractivity contribution in [3.8, 4) is 11.4 Å². The average Bonchev–Trinajstić information content (AvgIpc) is 3.50. The Balaban J connectivity index is 1.56. The number of hydrogen-bond acceptors (Lipinski definition) is 9. The van der Waals surface area contributed by atoms with E-state index >= 15 is 0 Å². The number of rotatable bonds is 6. The molecule has 2 aliphatic heterocycles. The molecule has 5 heterocycles. The third-order valence-electron chi connectivity index (χ3n) is 6.63. The summed E-state index contributed by atoms with van der Waals surface area (Å²) >= 11 is 6.62. The third kappa shape index (κ3) is 5.46. The average molecular weight is 531 g/mol. The van der Waals surface area contributed by atoms with E-state index in [-0.39, 0.29) is 0 Å². The lowest BCUT2D eigenvalue weighted by Gasteiger charge is -2.29. The van der Waals surface area contributed by atoms with E-state index < -0.39 is 17.6 Å². The van der Waals surface area contributed by atoms with Crippen LogP contribution in [0.3, 0.4) is 0 Å². The van der Waals surface area contributed by atoms with E-state index in [4.69, 9.17) is 31.0 Å². The molecule has 12 nitrogen and oxygen atoms in total. The van der Waals surface area contributed by atoms with Crippen LogP contribution in [0.5, 0.6) is 0 Å². The van der Waals surface area contributed by atoms with Gasteiger partial charge in [-0.2, -0.15) is 0 Å². The fourth-order valence-electron chi connectivity index (χ4n) is 4.63. The zero-order valence-electron chi connectivity index (χ0n) is 21.1. The van der Waals surface area contributed by atoms with Crippen molar-refractivity contribution < 1.29 is 19.4 Å². The zero-order chi connectivity index (χ0) is 26.2. The van der Waals surface area contributed by atoms with Crippen LogP contribution in [0.2, 0.25) is 5.28 Å². The Bertz CT molecular complexity index is 1260. The Kier molecular flexibility index (Phi) is 7.15. The van der Waals surface area contributed by atoms with E-state index in [1.165, 1.54) is 0 Å². The summed E-state index contributed by atoms with van der Waals surface area (Å²) in [6.45, 7) is 10.4. The van der Waals surface area contributed by atoms with E-state index in [1.807, 2.05) is 25.3 Å². The van der Waals surface area contributed by atoms with E-state index in [0.717, 1.165) is 13.0 Å². The largest absolute Gasteiger partial charge is 0.465 e. The Morgan fingerprint density at radius 2 is 1.89 bits per heavy atom. The van der Waals surface area contributed by atoms with Gasteiger partial charge in [0, 0.05) is 44.6 Å². The van der Waals surface area contributed by atoms with Crippen LogP contribution in [0.1, 0.15) is 39.1 Å². The molecule has 0 radical (unpaired) electrons. The zero-order valence-corrected chi connectivity index (χ0v) is 21.9. The van der Waals surface area contributed by atoms with Gasteiger partial charge < -0.3 is 24.8 Å². The molecule has 2 atom stereocenters. The first-order valence-electron chi connectivity index (χ1n) is 12.4. The number of fused-ring (bicyclic) bond motifs is 1. The van der Waals surface area contributed by atoms with E-state index in [2.05, 4.69) is 25.2 Å². The predicted molar refractivity (Wildman–Crippen MR) is 137 cm³/mol. The van der Waals surface area contributed by atoms with Crippen LogP contribution in [0, 0.1) is 11.3 Å². The van der Waals surface area contributed by atoms with Crippen LogP contribution in [0.4, 0.5) is 10.6 Å². The van der Waals surface area contributed by atoms with Gasteiger partial charge in [-0.3, -0.25) is 4.57 Å². The number of morpholine rings is 1. The predicted octanol–water partition coefficient (Wildman–Crippen LogP) is 3.16. The number of aromatic nitrogens is 6. The molecule has 3 aromatic rings. The molecule has 2 fully saturated rings. The summed E-state index contributed by atoms with van der Waals surface area (Å²) in [6, 6.07) is -0.583. The van der Waals surface area contributed by atoms with Gasteiger partial charge in [-0.15, -0.1) is 0 Å². The molecule has 0 spiro atoms. The SMILES string of the molecule is CC(C)(C)C(NC(=O)O)c1ncc(-c2nc(N3CCOCC3)c3nc(Cl)n(CC4CCOC4)c3n2)cn1. The maximum absolute atomic E-state index is 11.4. The minimum absolute atomic E-state index is 0.332. The first-order chi connectivity index (χ1) is 17.7. The summed E-state index contributed by atoms with van der Waals surface area (Å²) < 4.78 is 13.0. The molecule has 2 saturated heterocycles. The number of nitrogens with zero attached hydrogens (tertiary/aromatic N) is 7. The molecule has 2 N–H and O–H groups in total. The van der Waals surface area contributed by atoms with Crippen LogP contribution >= 0.6 is 11.6 Å². The normalized spacial score (nSPS) is 19.4. The van der Waals surface area contributed by atoms with Crippen molar-refractivity contribution in [3.63, 3.8) is 0 Å². The standard InChI is InChI=1S/C24H31ClN8O4/c1-24(2,3)17(29-23(34)35)19-26-10-15(11-27-19)18-30-20(32-5-8-36-9-6-32)16-21(31-18)33(22(25)28-16)12-14-4-7-37-13-14/h10-11,14,17,29H,4-9,12-13H2,1-3H3,(H,34,35). The Morgan fingerprint density at radius 1 is 1.16 bits per heavy atom. The second-order valence-corrected chi connectivity index (χ2v) is 10.8. The van der Waals surface area contributed by atoms with Crippen molar-refractivity contribution in [2.45, 2.75) is 39.8 Å². The van der Waals surface area contributed by atoms with E-state index in [9.17, 15) is 9.90 Å². The monoisotopic (exact) mass is 530 g/mol. The molecule has 0 aromatic carbocycles. The van der Waals surface area contributed by atoms with Gasteiger partial charge in [-0.25, -0.2) is 29.7 Å². The minimum Gasteiger partial charge on any atom is -0.465 e. The highest BCUT2D eigenvalue weighted by Crippen LogP contribution is 2.33. The molecule has 2 aliphatic rings. The lowest BCUT2D eigenvalue weighted by Crippen LogP contribution is -2.37. The van der Waals surface area contributed by atoms with Crippen molar-refractivity contribution in [1.29, 1.82) is 0 Å². The van der Waals surface area contributed by atoms with Gasteiger partial charge in [0.2, 0.25) is 5.28 Å². The summed E-state index contributed by atoms with van der Waals surface area (Å²) in [6.07, 6.45) is 3.08.